The number of fused-ring (bicyclic) bond motifs is 1. The number of halogens is 1. The average Bonchev–Trinajstić information content (AvgIpc) is 3.14. The molecular formula is C20H14FN5O2. The second-order valence-electron chi connectivity index (χ2n) is 6.00. The molecule has 0 atom stereocenters. The van der Waals surface area contributed by atoms with Crippen LogP contribution in [0.3, 0.4) is 0 Å². The van der Waals surface area contributed by atoms with Crippen LogP contribution in [0.4, 0.5) is 10.1 Å². The minimum absolute atomic E-state index is 0.0337. The summed E-state index contributed by atoms with van der Waals surface area (Å²) in [5, 5.41) is 2.66. The zero-order valence-corrected chi connectivity index (χ0v) is 14.5. The molecule has 138 valence electrons. The summed E-state index contributed by atoms with van der Waals surface area (Å²) < 4.78 is 14.7. The van der Waals surface area contributed by atoms with Crippen molar-refractivity contribution in [3.05, 3.63) is 84.2 Å². The van der Waals surface area contributed by atoms with E-state index in [-0.39, 0.29) is 17.0 Å². The molecule has 0 saturated heterocycles. The number of imidazole rings is 1. The number of nitrogens with one attached hydrogen (secondary N) is 1. The van der Waals surface area contributed by atoms with Crippen LogP contribution in [0.5, 0.6) is 0 Å². The normalized spacial score (nSPS) is 10.8. The van der Waals surface area contributed by atoms with Crippen molar-refractivity contribution < 1.29 is 14.0 Å². The summed E-state index contributed by atoms with van der Waals surface area (Å²) in [4.78, 5) is 32.7. The Balaban J connectivity index is 1.83. The maximum Gasteiger partial charge on any atom is 0.274 e. The highest BCUT2D eigenvalue weighted by Gasteiger charge is 2.19. The molecule has 0 unspecified atom stereocenters. The Bertz CT molecular complexity index is 1190. The van der Waals surface area contributed by atoms with E-state index < -0.39 is 17.6 Å². The molecule has 4 aromatic rings. The number of rotatable bonds is 4. The van der Waals surface area contributed by atoms with Crippen LogP contribution >= 0.6 is 0 Å². The Morgan fingerprint density at radius 2 is 1.75 bits per heavy atom. The van der Waals surface area contributed by atoms with E-state index >= 15 is 0 Å². The Morgan fingerprint density at radius 3 is 2.43 bits per heavy atom. The third kappa shape index (κ3) is 3.18. The smallest absolute Gasteiger partial charge is 0.274 e. The number of aromatic nitrogens is 3. The van der Waals surface area contributed by atoms with Gasteiger partial charge < -0.3 is 11.1 Å². The molecule has 8 heteroatoms. The van der Waals surface area contributed by atoms with Crippen LogP contribution < -0.4 is 11.1 Å². The fraction of sp³-hybridized carbons (Fsp3) is 0. The lowest BCUT2D eigenvalue weighted by molar-refractivity contribution is 0.0993. The van der Waals surface area contributed by atoms with E-state index in [0.717, 1.165) is 5.56 Å². The molecule has 4 rings (SSSR count). The quantitative estimate of drug-likeness (QED) is 0.572. The molecule has 0 aliphatic heterocycles. The molecule has 3 N–H and O–H groups in total. The van der Waals surface area contributed by atoms with E-state index in [1.807, 2.05) is 30.3 Å². The summed E-state index contributed by atoms with van der Waals surface area (Å²) in [6.45, 7) is 0. The van der Waals surface area contributed by atoms with Crippen molar-refractivity contribution in [2.75, 3.05) is 5.32 Å². The minimum Gasteiger partial charge on any atom is -0.364 e. The molecule has 2 heterocycles. The van der Waals surface area contributed by atoms with Crippen LogP contribution in [-0.4, -0.2) is 26.2 Å². The first-order valence-corrected chi connectivity index (χ1v) is 8.33. The van der Waals surface area contributed by atoms with Crippen LogP contribution in [-0.2, 0) is 0 Å². The third-order valence-corrected chi connectivity index (χ3v) is 4.14. The number of primary amides is 1. The van der Waals surface area contributed by atoms with Gasteiger partial charge in [0.1, 0.15) is 17.8 Å². The predicted molar refractivity (Wildman–Crippen MR) is 101 cm³/mol. The van der Waals surface area contributed by atoms with Gasteiger partial charge >= 0.3 is 0 Å². The lowest BCUT2D eigenvalue weighted by atomic mass is 10.1. The molecule has 0 saturated carbocycles. The van der Waals surface area contributed by atoms with Crippen LogP contribution in [0, 0.1) is 5.82 Å². The van der Waals surface area contributed by atoms with Crippen molar-refractivity contribution in [1.82, 2.24) is 14.4 Å². The summed E-state index contributed by atoms with van der Waals surface area (Å²) in [6.07, 6.45) is 1.44. The van der Waals surface area contributed by atoms with E-state index in [4.69, 9.17) is 5.73 Å². The summed E-state index contributed by atoms with van der Waals surface area (Å²) in [5.41, 5.74) is 7.44. The maximum absolute atomic E-state index is 13.1. The monoisotopic (exact) mass is 375 g/mol. The minimum atomic E-state index is -0.745. The third-order valence-electron chi connectivity index (χ3n) is 4.14. The van der Waals surface area contributed by atoms with E-state index in [2.05, 4.69) is 15.3 Å². The molecule has 0 aliphatic rings. The van der Waals surface area contributed by atoms with Crippen molar-refractivity contribution in [3.63, 3.8) is 0 Å². The maximum atomic E-state index is 13.1. The summed E-state index contributed by atoms with van der Waals surface area (Å²) in [7, 11) is 0. The number of hydrogen-bond acceptors (Lipinski definition) is 4. The van der Waals surface area contributed by atoms with Gasteiger partial charge in [0.2, 0.25) is 0 Å². The van der Waals surface area contributed by atoms with Crippen LogP contribution in [0.25, 0.3) is 16.9 Å². The first kappa shape index (κ1) is 17.3. The van der Waals surface area contributed by atoms with Gasteiger partial charge in [0.15, 0.2) is 11.3 Å². The highest BCUT2D eigenvalue weighted by molar-refractivity contribution is 6.04. The molecule has 7 nitrogen and oxygen atoms in total. The lowest BCUT2D eigenvalue weighted by Gasteiger charge is -2.10. The zero-order chi connectivity index (χ0) is 19.7. The van der Waals surface area contributed by atoms with Crippen LogP contribution in [0.1, 0.15) is 21.0 Å². The van der Waals surface area contributed by atoms with Gasteiger partial charge in [-0.1, -0.05) is 30.3 Å². The number of benzene rings is 2. The fourth-order valence-corrected chi connectivity index (χ4v) is 2.82. The van der Waals surface area contributed by atoms with Crippen LogP contribution in [0.2, 0.25) is 0 Å². The van der Waals surface area contributed by atoms with Crippen molar-refractivity contribution in [2.45, 2.75) is 0 Å². The first-order valence-electron chi connectivity index (χ1n) is 8.33. The predicted octanol–water partition coefficient (Wildman–Crippen LogP) is 2.89. The van der Waals surface area contributed by atoms with Gasteiger partial charge in [0.05, 0.1) is 5.69 Å². The number of hydrogen-bond donors (Lipinski definition) is 2. The Labute approximate surface area is 158 Å². The second-order valence-corrected chi connectivity index (χ2v) is 6.00. The van der Waals surface area contributed by atoms with Gasteiger partial charge in [-0.25, -0.2) is 14.4 Å². The molecule has 0 bridgehead atoms. The molecule has 28 heavy (non-hydrogen) atoms. The molecule has 0 fully saturated rings. The molecule has 0 radical (unpaired) electrons. The number of anilines is 1. The highest BCUT2D eigenvalue weighted by atomic mass is 19.1. The number of nitrogens with two attached hydrogens (primary N) is 1. The second kappa shape index (κ2) is 6.92. The van der Waals surface area contributed by atoms with Crippen molar-refractivity contribution in [1.29, 1.82) is 0 Å². The number of carbonyl (C=O) groups excluding carboxylic acids is 2. The van der Waals surface area contributed by atoms with E-state index in [1.54, 1.807) is 10.5 Å². The largest absolute Gasteiger partial charge is 0.364 e. The van der Waals surface area contributed by atoms with Crippen molar-refractivity contribution in [3.8, 4) is 11.3 Å². The summed E-state index contributed by atoms with van der Waals surface area (Å²) in [5.74, 6) is -1.66. The zero-order valence-electron chi connectivity index (χ0n) is 14.5. The molecule has 2 amide bonds. The van der Waals surface area contributed by atoms with E-state index in [1.165, 1.54) is 30.6 Å². The molecule has 0 spiro atoms. The number of nitrogens with zero attached hydrogens (tertiary/aromatic N) is 3. The average molecular weight is 375 g/mol. The van der Waals surface area contributed by atoms with Gasteiger partial charge in [-0.15, -0.1) is 0 Å². The Hall–Kier alpha value is -4.07. The standard InChI is InChI=1S/C20H14FN5O2/c21-13-6-8-14(9-7-13)24-20(28)15-10-16(12-4-2-1-3-5-12)26-11-23-17(18(22)27)19(26)25-15/h1-11H,(H2,22,27)(H,24,28). The lowest BCUT2D eigenvalue weighted by Crippen LogP contribution is -2.17. The Morgan fingerprint density at radius 1 is 1.04 bits per heavy atom. The Kier molecular flexibility index (Phi) is 4.29. The molecule has 2 aromatic carbocycles. The van der Waals surface area contributed by atoms with E-state index in [0.29, 0.717) is 11.4 Å². The summed E-state index contributed by atoms with van der Waals surface area (Å²) >= 11 is 0. The van der Waals surface area contributed by atoms with Crippen molar-refractivity contribution in [2.24, 2.45) is 5.73 Å². The topological polar surface area (TPSA) is 102 Å². The SMILES string of the molecule is NC(=O)c1ncn2c(-c3ccccc3)cc(C(=O)Nc3ccc(F)cc3)nc12. The fourth-order valence-electron chi connectivity index (χ4n) is 2.82. The van der Waals surface area contributed by atoms with Crippen LogP contribution in [0.15, 0.2) is 67.0 Å². The molecule has 2 aromatic heterocycles. The van der Waals surface area contributed by atoms with E-state index in [9.17, 15) is 14.0 Å². The van der Waals surface area contributed by atoms with Crippen molar-refractivity contribution >= 4 is 23.1 Å². The molecular weight excluding hydrogens is 361 g/mol. The van der Waals surface area contributed by atoms with Gasteiger partial charge in [0, 0.05) is 5.69 Å². The van der Waals surface area contributed by atoms with Gasteiger partial charge in [-0.05, 0) is 35.9 Å². The van der Waals surface area contributed by atoms with Gasteiger partial charge in [-0.2, -0.15) is 0 Å². The first-order chi connectivity index (χ1) is 13.5. The molecule has 0 aliphatic carbocycles. The van der Waals surface area contributed by atoms with Gasteiger partial charge in [-0.3, -0.25) is 14.0 Å². The van der Waals surface area contributed by atoms with Gasteiger partial charge in [0.25, 0.3) is 11.8 Å². The number of amides is 2. The highest BCUT2D eigenvalue weighted by Crippen LogP contribution is 2.23. The number of carbonyl (C=O) groups is 2. The summed E-state index contributed by atoms with van der Waals surface area (Å²) in [6, 6.07) is 16.3.